The highest BCUT2D eigenvalue weighted by molar-refractivity contribution is 6.09. The molecule has 0 aliphatic heterocycles. The summed E-state index contributed by atoms with van der Waals surface area (Å²) in [6.07, 6.45) is 3.68. The molecule has 5 aromatic rings. The summed E-state index contributed by atoms with van der Waals surface area (Å²) in [5.41, 5.74) is 5.98. The zero-order chi connectivity index (χ0) is 26.5. The third kappa shape index (κ3) is 5.77. The van der Waals surface area contributed by atoms with E-state index in [-0.39, 0.29) is 5.91 Å². The van der Waals surface area contributed by atoms with Gasteiger partial charge in [0.05, 0.1) is 23.1 Å². The molecule has 1 amide bonds. The summed E-state index contributed by atoms with van der Waals surface area (Å²) >= 11 is 0. The molecule has 0 saturated carbocycles. The van der Waals surface area contributed by atoms with E-state index in [4.69, 9.17) is 4.98 Å². The number of fused-ring (bicyclic) bond motifs is 2. The average molecular weight is 510 g/mol. The molecule has 8 heteroatoms. The molecule has 3 heterocycles. The van der Waals surface area contributed by atoms with Gasteiger partial charge in [-0.15, -0.1) is 0 Å². The van der Waals surface area contributed by atoms with E-state index in [2.05, 4.69) is 75.8 Å². The maximum Gasteiger partial charge on any atom is 0.274 e. The lowest BCUT2D eigenvalue weighted by Gasteiger charge is -2.24. The fourth-order valence-electron chi connectivity index (χ4n) is 4.92. The van der Waals surface area contributed by atoms with Crippen LogP contribution in [0.1, 0.15) is 37.0 Å². The van der Waals surface area contributed by atoms with Crippen LogP contribution in [0.25, 0.3) is 32.9 Å². The minimum Gasteiger partial charge on any atom is -0.361 e. The third-order valence-electron chi connectivity index (χ3n) is 6.62. The molecular weight excluding hydrogens is 474 g/mol. The highest BCUT2D eigenvalue weighted by Crippen LogP contribution is 2.34. The highest BCUT2D eigenvalue weighted by atomic mass is 16.1. The molecule has 38 heavy (non-hydrogen) atoms. The Kier molecular flexibility index (Phi) is 7.81. The topological polar surface area (TPSA) is 102 Å². The quantitative estimate of drug-likeness (QED) is 0.178. The zero-order valence-corrected chi connectivity index (χ0v) is 22.2. The Labute approximate surface area is 222 Å². The number of anilines is 1. The lowest BCUT2D eigenvalue weighted by atomic mass is 9.99. The Hall–Kier alpha value is -4.01. The first-order valence-corrected chi connectivity index (χ1v) is 13.3. The van der Waals surface area contributed by atoms with Crippen molar-refractivity contribution in [2.45, 2.75) is 27.3 Å². The monoisotopic (exact) mass is 509 g/mol. The minimum atomic E-state index is -0.241. The molecule has 2 aromatic carbocycles. The van der Waals surface area contributed by atoms with Gasteiger partial charge in [-0.3, -0.25) is 14.8 Å². The molecule has 0 aliphatic carbocycles. The summed E-state index contributed by atoms with van der Waals surface area (Å²) in [5, 5.41) is 15.8. The molecular formula is C30H35N7O. The van der Waals surface area contributed by atoms with Crippen LogP contribution in [0.3, 0.4) is 0 Å². The number of rotatable bonds is 11. The van der Waals surface area contributed by atoms with Crippen LogP contribution >= 0.6 is 0 Å². The van der Waals surface area contributed by atoms with Crippen molar-refractivity contribution in [3.63, 3.8) is 0 Å². The van der Waals surface area contributed by atoms with Crippen LogP contribution in [-0.2, 0) is 6.54 Å². The number of carbonyl (C=O) groups excluding carboxylic acids is 1. The lowest BCUT2D eigenvalue weighted by Crippen LogP contribution is -2.34. The number of nitrogens with zero attached hydrogens (tertiary/aromatic N) is 3. The van der Waals surface area contributed by atoms with Crippen molar-refractivity contribution >= 4 is 33.4 Å². The molecule has 0 unspecified atom stereocenters. The van der Waals surface area contributed by atoms with Gasteiger partial charge in [0.2, 0.25) is 0 Å². The van der Waals surface area contributed by atoms with Gasteiger partial charge in [0.1, 0.15) is 5.69 Å². The highest BCUT2D eigenvalue weighted by Gasteiger charge is 2.16. The smallest absolute Gasteiger partial charge is 0.274 e. The SMILES string of the molecule is CCNCCN(Cc1cccc(C(=O)Nc2cc(-c3cccc4[nH]ccc34)cc3[nH]ncc23)n1)CC(C)C. The molecule has 0 aliphatic rings. The Morgan fingerprint density at radius 2 is 1.92 bits per heavy atom. The second kappa shape index (κ2) is 11.6. The summed E-state index contributed by atoms with van der Waals surface area (Å²) in [4.78, 5) is 23.8. The standard InChI is InChI=1S/C30H35N7O/c1-4-31-13-14-37(18-20(2)3)19-22-7-5-10-27(34-22)30(38)35-28-15-21(16-29-25(28)17-33-36-29)23-8-6-9-26-24(23)11-12-32-26/h5-12,15-17,20,31-32H,4,13-14,18-19H2,1-3H3,(H,33,36)(H,35,38). The largest absolute Gasteiger partial charge is 0.361 e. The maximum atomic E-state index is 13.4. The van der Waals surface area contributed by atoms with Crippen molar-refractivity contribution in [3.8, 4) is 11.1 Å². The number of aromatic nitrogens is 4. The van der Waals surface area contributed by atoms with Crippen LogP contribution < -0.4 is 10.6 Å². The van der Waals surface area contributed by atoms with Crippen molar-refractivity contribution < 1.29 is 4.79 Å². The second-order valence-corrected chi connectivity index (χ2v) is 10.1. The number of hydrogen-bond donors (Lipinski definition) is 4. The Morgan fingerprint density at radius 1 is 1.05 bits per heavy atom. The van der Waals surface area contributed by atoms with E-state index in [1.807, 2.05) is 30.5 Å². The normalized spacial score (nSPS) is 11.7. The molecule has 0 fully saturated rings. The summed E-state index contributed by atoms with van der Waals surface area (Å²) in [6, 6.07) is 18.0. The van der Waals surface area contributed by atoms with Crippen LogP contribution in [0, 0.1) is 5.92 Å². The van der Waals surface area contributed by atoms with E-state index in [0.717, 1.165) is 64.8 Å². The van der Waals surface area contributed by atoms with Gasteiger partial charge in [-0.05, 0) is 60.0 Å². The number of carbonyl (C=O) groups is 1. The molecule has 196 valence electrons. The molecule has 3 aromatic heterocycles. The first-order chi connectivity index (χ1) is 18.5. The Bertz CT molecular complexity index is 1530. The molecule has 8 nitrogen and oxygen atoms in total. The molecule has 0 bridgehead atoms. The summed E-state index contributed by atoms with van der Waals surface area (Å²) in [6.45, 7) is 11.0. The first kappa shape index (κ1) is 25.6. The van der Waals surface area contributed by atoms with Crippen LogP contribution in [0.15, 0.2) is 67.0 Å². The van der Waals surface area contributed by atoms with E-state index >= 15 is 0 Å². The Morgan fingerprint density at radius 3 is 2.76 bits per heavy atom. The maximum absolute atomic E-state index is 13.4. The molecule has 4 N–H and O–H groups in total. The predicted molar refractivity (Wildman–Crippen MR) is 154 cm³/mol. The van der Waals surface area contributed by atoms with Gasteiger partial charge >= 0.3 is 0 Å². The van der Waals surface area contributed by atoms with Crippen molar-refractivity contribution in [2.75, 3.05) is 31.5 Å². The van der Waals surface area contributed by atoms with E-state index < -0.39 is 0 Å². The number of H-pyrrole nitrogens is 2. The minimum absolute atomic E-state index is 0.241. The number of pyridine rings is 1. The summed E-state index contributed by atoms with van der Waals surface area (Å²) < 4.78 is 0. The summed E-state index contributed by atoms with van der Waals surface area (Å²) in [5.74, 6) is 0.305. The number of nitrogens with one attached hydrogen (secondary N) is 4. The van der Waals surface area contributed by atoms with Crippen molar-refractivity contribution in [1.29, 1.82) is 0 Å². The third-order valence-corrected chi connectivity index (χ3v) is 6.62. The van der Waals surface area contributed by atoms with Gasteiger partial charge in [0.25, 0.3) is 5.91 Å². The lowest BCUT2D eigenvalue weighted by molar-refractivity contribution is 0.102. The van der Waals surface area contributed by atoms with Crippen molar-refractivity contribution in [1.82, 2.24) is 30.4 Å². The zero-order valence-electron chi connectivity index (χ0n) is 22.2. The molecule has 5 rings (SSSR count). The van der Waals surface area contributed by atoms with Crippen molar-refractivity contribution in [3.05, 3.63) is 78.4 Å². The van der Waals surface area contributed by atoms with Gasteiger partial charge < -0.3 is 15.6 Å². The van der Waals surface area contributed by atoms with Crippen molar-refractivity contribution in [2.24, 2.45) is 5.92 Å². The molecule has 0 radical (unpaired) electrons. The van der Waals surface area contributed by atoms with Crippen LogP contribution in [-0.4, -0.2) is 57.2 Å². The van der Waals surface area contributed by atoms with E-state index in [0.29, 0.717) is 23.8 Å². The Balaban J connectivity index is 1.39. The van der Waals surface area contributed by atoms with Gasteiger partial charge in [-0.25, -0.2) is 4.98 Å². The fourth-order valence-corrected chi connectivity index (χ4v) is 4.92. The molecule has 0 saturated heterocycles. The number of amides is 1. The van der Waals surface area contributed by atoms with Gasteiger partial charge in [0, 0.05) is 48.7 Å². The second-order valence-electron chi connectivity index (χ2n) is 10.1. The van der Waals surface area contributed by atoms with Crippen LogP contribution in [0.5, 0.6) is 0 Å². The number of benzene rings is 2. The van der Waals surface area contributed by atoms with E-state index in [1.165, 1.54) is 0 Å². The fraction of sp³-hybridized carbons (Fsp3) is 0.300. The van der Waals surface area contributed by atoms with E-state index in [1.54, 1.807) is 12.3 Å². The number of likely N-dealkylation sites (N-methyl/N-ethyl adjacent to an activating group) is 1. The average Bonchev–Trinajstić information content (AvgIpc) is 3.58. The summed E-state index contributed by atoms with van der Waals surface area (Å²) in [7, 11) is 0. The van der Waals surface area contributed by atoms with Crippen LogP contribution in [0.2, 0.25) is 0 Å². The van der Waals surface area contributed by atoms with Gasteiger partial charge in [-0.2, -0.15) is 5.10 Å². The molecule has 0 atom stereocenters. The van der Waals surface area contributed by atoms with Gasteiger partial charge in [0.15, 0.2) is 0 Å². The van der Waals surface area contributed by atoms with Gasteiger partial charge in [-0.1, -0.05) is 39.0 Å². The van der Waals surface area contributed by atoms with E-state index in [9.17, 15) is 4.79 Å². The first-order valence-electron chi connectivity index (χ1n) is 13.3. The predicted octanol–water partition coefficient (Wildman–Crippen LogP) is 5.43. The molecule has 0 spiro atoms. The van der Waals surface area contributed by atoms with Crippen LogP contribution in [0.4, 0.5) is 5.69 Å². The number of hydrogen-bond acceptors (Lipinski definition) is 5. The number of aromatic amines is 2.